The number of carbonyl (C=O) groups is 1. The highest BCUT2D eigenvalue weighted by molar-refractivity contribution is 5.83. The molecule has 0 saturated carbocycles. The number of rotatable bonds is 2. The first-order chi connectivity index (χ1) is 4.16. The molecule has 3 N–H and O–H groups in total. The van der Waals surface area contributed by atoms with Gasteiger partial charge in [0.15, 0.2) is 0 Å². The third-order valence-electron chi connectivity index (χ3n) is 0.571. The lowest BCUT2D eigenvalue weighted by molar-refractivity contribution is 0.195. The van der Waals surface area contributed by atoms with Crippen molar-refractivity contribution in [3.05, 3.63) is 0 Å². The number of hydrazone groups is 1. The van der Waals surface area contributed by atoms with Gasteiger partial charge >= 0.3 is 6.09 Å². The van der Waals surface area contributed by atoms with Crippen LogP contribution < -0.4 is 5.43 Å². The van der Waals surface area contributed by atoms with Gasteiger partial charge in [-0.1, -0.05) is 0 Å². The molecule has 5 nitrogen and oxygen atoms in total. The van der Waals surface area contributed by atoms with E-state index in [0.29, 0.717) is 5.71 Å². The minimum atomic E-state index is -1.23. The van der Waals surface area contributed by atoms with E-state index < -0.39 is 6.09 Å². The molecule has 0 aromatic rings. The Kier molecular flexibility index (Phi) is 3.38. The number of carboxylic acid groups (broad SMARTS) is 1. The summed E-state index contributed by atoms with van der Waals surface area (Å²) in [4.78, 5) is 9.72. The van der Waals surface area contributed by atoms with Gasteiger partial charge < -0.3 is 10.2 Å². The van der Waals surface area contributed by atoms with Crippen LogP contribution in [0.3, 0.4) is 0 Å². The van der Waals surface area contributed by atoms with Crippen LogP contribution in [0.1, 0.15) is 6.92 Å². The molecule has 52 valence electrons. The van der Waals surface area contributed by atoms with Crippen LogP contribution in [0, 0.1) is 0 Å². The predicted molar refractivity (Wildman–Crippen MR) is 31.4 cm³/mol. The van der Waals surface area contributed by atoms with E-state index in [1.165, 1.54) is 6.92 Å². The standard InChI is InChI=1S/C4H8N2O3/c1-3(2-7)5-6-4(8)9/h6-7H,2H2,1H3,(H,8,9). The number of nitrogens with zero attached hydrogens (tertiary/aromatic N) is 1. The molecule has 0 aromatic carbocycles. The van der Waals surface area contributed by atoms with E-state index in [1.807, 2.05) is 0 Å². The largest absolute Gasteiger partial charge is 0.464 e. The molecule has 0 aromatic heterocycles. The highest BCUT2D eigenvalue weighted by atomic mass is 16.4. The molecule has 0 atom stereocenters. The van der Waals surface area contributed by atoms with E-state index in [1.54, 1.807) is 5.43 Å². The highest BCUT2D eigenvalue weighted by Gasteiger charge is 1.89. The zero-order chi connectivity index (χ0) is 7.28. The molecule has 0 unspecified atom stereocenters. The Hall–Kier alpha value is -1.10. The maximum absolute atomic E-state index is 9.72. The average molecular weight is 132 g/mol. The Morgan fingerprint density at radius 3 is 2.67 bits per heavy atom. The van der Waals surface area contributed by atoms with Crippen molar-refractivity contribution in [2.75, 3.05) is 6.61 Å². The topological polar surface area (TPSA) is 81.9 Å². The van der Waals surface area contributed by atoms with Gasteiger partial charge in [0.1, 0.15) is 0 Å². The fourth-order valence-electron chi connectivity index (χ4n) is 0.179. The van der Waals surface area contributed by atoms with Crippen LogP contribution in [0.4, 0.5) is 4.79 Å². The molecule has 0 fully saturated rings. The molecule has 5 heteroatoms. The Bertz CT molecular complexity index is 132. The predicted octanol–water partition coefficient (Wildman–Crippen LogP) is -0.378. The van der Waals surface area contributed by atoms with Crippen molar-refractivity contribution in [3.63, 3.8) is 0 Å². The maximum Gasteiger partial charge on any atom is 0.425 e. The molecular weight excluding hydrogens is 124 g/mol. The first-order valence-corrected chi connectivity index (χ1v) is 2.29. The van der Waals surface area contributed by atoms with Crippen molar-refractivity contribution < 1.29 is 15.0 Å². The Morgan fingerprint density at radius 1 is 1.78 bits per heavy atom. The molecule has 9 heavy (non-hydrogen) atoms. The van der Waals surface area contributed by atoms with E-state index in [-0.39, 0.29) is 6.61 Å². The minimum Gasteiger partial charge on any atom is -0.464 e. The second-order valence-electron chi connectivity index (χ2n) is 1.42. The molecule has 0 aliphatic heterocycles. The van der Waals surface area contributed by atoms with Crippen LogP contribution in [0.5, 0.6) is 0 Å². The first kappa shape index (κ1) is 7.90. The maximum atomic E-state index is 9.72. The molecule has 0 spiro atoms. The van der Waals surface area contributed by atoms with E-state index in [2.05, 4.69) is 5.10 Å². The molecule has 0 aliphatic rings. The Morgan fingerprint density at radius 2 is 2.33 bits per heavy atom. The third-order valence-corrected chi connectivity index (χ3v) is 0.571. The van der Waals surface area contributed by atoms with Gasteiger partial charge in [0, 0.05) is 0 Å². The molecule has 1 amide bonds. The number of hydrogen-bond donors (Lipinski definition) is 3. The fraction of sp³-hybridized carbons (Fsp3) is 0.500. The van der Waals surface area contributed by atoms with Gasteiger partial charge in [-0.15, -0.1) is 0 Å². The summed E-state index contributed by atoms with van der Waals surface area (Å²) >= 11 is 0. The van der Waals surface area contributed by atoms with E-state index >= 15 is 0 Å². The Labute approximate surface area is 52.0 Å². The zero-order valence-electron chi connectivity index (χ0n) is 4.96. The Balaban J connectivity index is 3.56. The van der Waals surface area contributed by atoms with Gasteiger partial charge in [0.25, 0.3) is 0 Å². The van der Waals surface area contributed by atoms with Gasteiger partial charge in [-0.25, -0.2) is 10.2 Å². The normalized spacial score (nSPS) is 11.1. The van der Waals surface area contributed by atoms with Gasteiger partial charge in [0.2, 0.25) is 0 Å². The third kappa shape index (κ3) is 4.76. The molecule has 0 aliphatic carbocycles. The fourth-order valence-corrected chi connectivity index (χ4v) is 0.179. The minimum absolute atomic E-state index is 0.236. The summed E-state index contributed by atoms with van der Waals surface area (Å²) in [7, 11) is 0. The quantitative estimate of drug-likeness (QED) is 0.354. The molecule has 0 saturated heterocycles. The summed E-state index contributed by atoms with van der Waals surface area (Å²) in [6.07, 6.45) is -1.23. The lowest BCUT2D eigenvalue weighted by Crippen LogP contribution is -2.16. The molecule has 0 bridgehead atoms. The summed E-state index contributed by atoms with van der Waals surface area (Å²) < 4.78 is 0. The SMILES string of the molecule is CC(CO)=NNC(=O)O. The van der Waals surface area contributed by atoms with Crippen LogP contribution in [-0.2, 0) is 0 Å². The van der Waals surface area contributed by atoms with E-state index in [4.69, 9.17) is 10.2 Å². The van der Waals surface area contributed by atoms with Crippen molar-refractivity contribution in [1.29, 1.82) is 0 Å². The van der Waals surface area contributed by atoms with Crippen LogP contribution >= 0.6 is 0 Å². The molecule has 0 rings (SSSR count). The van der Waals surface area contributed by atoms with Crippen LogP contribution in [0.25, 0.3) is 0 Å². The number of amides is 1. The highest BCUT2D eigenvalue weighted by Crippen LogP contribution is 1.70. The summed E-state index contributed by atoms with van der Waals surface area (Å²) in [5.41, 5.74) is 2.07. The lowest BCUT2D eigenvalue weighted by Gasteiger charge is -1.92. The first-order valence-electron chi connectivity index (χ1n) is 2.29. The van der Waals surface area contributed by atoms with Crippen molar-refractivity contribution >= 4 is 11.8 Å². The van der Waals surface area contributed by atoms with Gasteiger partial charge in [-0.2, -0.15) is 5.10 Å². The second-order valence-corrected chi connectivity index (χ2v) is 1.42. The van der Waals surface area contributed by atoms with E-state index in [9.17, 15) is 4.79 Å². The van der Waals surface area contributed by atoms with Crippen molar-refractivity contribution in [1.82, 2.24) is 5.43 Å². The van der Waals surface area contributed by atoms with Crippen molar-refractivity contribution in [3.8, 4) is 0 Å². The molecule has 0 heterocycles. The van der Waals surface area contributed by atoms with E-state index in [0.717, 1.165) is 0 Å². The van der Waals surface area contributed by atoms with Gasteiger partial charge in [-0.3, -0.25) is 0 Å². The summed E-state index contributed by atoms with van der Waals surface area (Å²) in [6.45, 7) is 1.27. The summed E-state index contributed by atoms with van der Waals surface area (Å²) in [6, 6.07) is 0. The zero-order valence-corrected chi connectivity index (χ0v) is 4.96. The summed E-state index contributed by atoms with van der Waals surface area (Å²) in [5, 5.41) is 19.5. The smallest absolute Gasteiger partial charge is 0.425 e. The number of aliphatic hydroxyl groups is 1. The van der Waals surface area contributed by atoms with Crippen molar-refractivity contribution in [2.24, 2.45) is 5.10 Å². The molecular formula is C4H8N2O3. The van der Waals surface area contributed by atoms with Gasteiger partial charge in [0.05, 0.1) is 12.3 Å². The van der Waals surface area contributed by atoms with Crippen LogP contribution in [-0.4, -0.2) is 28.6 Å². The monoisotopic (exact) mass is 132 g/mol. The van der Waals surface area contributed by atoms with Gasteiger partial charge in [-0.05, 0) is 6.92 Å². The second kappa shape index (κ2) is 3.85. The number of nitrogens with one attached hydrogen (secondary N) is 1. The van der Waals surface area contributed by atoms with Crippen LogP contribution in [0.2, 0.25) is 0 Å². The van der Waals surface area contributed by atoms with Crippen molar-refractivity contribution in [2.45, 2.75) is 6.92 Å². The summed E-state index contributed by atoms with van der Waals surface area (Å²) in [5.74, 6) is 0. The molecule has 0 radical (unpaired) electrons. The number of hydrogen-bond acceptors (Lipinski definition) is 3. The number of aliphatic hydroxyl groups excluding tert-OH is 1. The lowest BCUT2D eigenvalue weighted by atomic mass is 10.5. The average Bonchev–Trinajstić information content (AvgIpc) is 1.83. The van der Waals surface area contributed by atoms with Crippen LogP contribution in [0.15, 0.2) is 5.10 Å².